The molecule has 0 radical (unpaired) electrons. The number of methoxy groups -OCH3 is 2. The molecule has 6 heteroatoms. The van der Waals surface area contributed by atoms with Crippen LogP contribution in [0.3, 0.4) is 0 Å². The Morgan fingerprint density at radius 3 is 2.57 bits per heavy atom. The Kier molecular flexibility index (Phi) is 7.28. The molecule has 1 aliphatic rings. The monoisotopic (exact) mass is 382 g/mol. The number of ether oxygens (including phenoxy) is 2. The molecule has 6 nitrogen and oxygen atoms in total. The molecule has 1 heterocycles. The molecule has 3 N–H and O–H groups in total. The molecule has 0 aromatic heterocycles. The van der Waals surface area contributed by atoms with Gasteiger partial charge in [-0.3, -0.25) is 9.89 Å². The zero-order valence-electron chi connectivity index (χ0n) is 16.7. The Balaban J connectivity index is 1.77. The first-order valence-corrected chi connectivity index (χ1v) is 9.73. The Hall–Kier alpha value is -2.57. The zero-order chi connectivity index (χ0) is 19.8. The van der Waals surface area contributed by atoms with E-state index in [0.29, 0.717) is 19.1 Å². The van der Waals surface area contributed by atoms with E-state index in [4.69, 9.17) is 15.2 Å². The summed E-state index contributed by atoms with van der Waals surface area (Å²) in [4.78, 5) is 7.13. The van der Waals surface area contributed by atoms with Crippen LogP contribution in [0.2, 0.25) is 0 Å². The van der Waals surface area contributed by atoms with Gasteiger partial charge in [-0.1, -0.05) is 36.4 Å². The third-order valence-electron chi connectivity index (χ3n) is 5.09. The number of anilines is 1. The highest BCUT2D eigenvalue weighted by atomic mass is 16.5. The van der Waals surface area contributed by atoms with Crippen LogP contribution in [-0.4, -0.2) is 44.7 Å². The Morgan fingerprint density at radius 2 is 1.82 bits per heavy atom. The minimum Gasteiger partial charge on any atom is -0.496 e. The van der Waals surface area contributed by atoms with Crippen LogP contribution in [-0.2, 0) is 11.3 Å². The Bertz CT molecular complexity index is 788. The first kappa shape index (κ1) is 20.2. The minimum atomic E-state index is 0.146. The lowest BCUT2D eigenvalue weighted by molar-refractivity contribution is 0.185. The summed E-state index contributed by atoms with van der Waals surface area (Å²) in [5, 5.41) is 3.22. The molecule has 2 aromatic carbocycles. The summed E-state index contributed by atoms with van der Waals surface area (Å²) in [5.74, 6) is 1.30. The van der Waals surface area contributed by atoms with Crippen molar-refractivity contribution in [2.24, 2.45) is 10.7 Å². The highest BCUT2D eigenvalue weighted by Gasteiger charge is 2.25. The van der Waals surface area contributed by atoms with E-state index >= 15 is 0 Å². The fourth-order valence-corrected chi connectivity index (χ4v) is 3.69. The van der Waals surface area contributed by atoms with Gasteiger partial charge in [-0.15, -0.1) is 0 Å². The van der Waals surface area contributed by atoms with Gasteiger partial charge in [0.15, 0.2) is 5.96 Å². The van der Waals surface area contributed by atoms with Crippen molar-refractivity contribution < 1.29 is 9.47 Å². The summed E-state index contributed by atoms with van der Waals surface area (Å²) in [6, 6.07) is 16.3. The van der Waals surface area contributed by atoms with Crippen molar-refractivity contribution in [3.05, 3.63) is 59.7 Å². The molecule has 28 heavy (non-hydrogen) atoms. The summed E-state index contributed by atoms with van der Waals surface area (Å²) in [5.41, 5.74) is 9.33. The van der Waals surface area contributed by atoms with Crippen molar-refractivity contribution in [1.29, 1.82) is 0 Å². The van der Waals surface area contributed by atoms with Crippen LogP contribution in [0.25, 0.3) is 0 Å². The molecule has 0 bridgehead atoms. The topological polar surface area (TPSA) is 72.1 Å². The maximum Gasteiger partial charge on any atom is 0.193 e. The molecule has 1 atom stereocenters. The molecule has 150 valence electrons. The molecule has 0 aliphatic carbocycles. The van der Waals surface area contributed by atoms with E-state index in [9.17, 15) is 0 Å². The summed E-state index contributed by atoms with van der Waals surface area (Å²) in [7, 11) is 3.40. The average Bonchev–Trinajstić information content (AvgIpc) is 3.25. The lowest BCUT2D eigenvalue weighted by Crippen LogP contribution is -2.30. The van der Waals surface area contributed by atoms with E-state index in [1.54, 1.807) is 14.2 Å². The van der Waals surface area contributed by atoms with Gasteiger partial charge in [0.2, 0.25) is 0 Å². The number of para-hydroxylation sites is 2. The number of hydrogen-bond donors (Lipinski definition) is 2. The lowest BCUT2D eigenvalue weighted by Gasteiger charge is -2.28. The molecular weight excluding hydrogens is 352 g/mol. The van der Waals surface area contributed by atoms with Crippen molar-refractivity contribution in [3.8, 4) is 5.75 Å². The van der Waals surface area contributed by atoms with Crippen molar-refractivity contribution in [1.82, 2.24) is 4.90 Å². The molecule has 1 aliphatic heterocycles. The summed E-state index contributed by atoms with van der Waals surface area (Å²) in [6.45, 7) is 3.24. The number of likely N-dealkylation sites (tertiary alicyclic amines) is 1. The van der Waals surface area contributed by atoms with Crippen LogP contribution < -0.4 is 15.8 Å². The van der Waals surface area contributed by atoms with Crippen molar-refractivity contribution in [2.75, 3.05) is 39.2 Å². The second kappa shape index (κ2) is 10.1. The maximum atomic E-state index is 6.21. The van der Waals surface area contributed by atoms with E-state index in [1.165, 1.54) is 12.8 Å². The Labute approximate surface area is 167 Å². The number of benzene rings is 2. The smallest absolute Gasteiger partial charge is 0.193 e. The van der Waals surface area contributed by atoms with E-state index in [2.05, 4.69) is 21.3 Å². The second-order valence-corrected chi connectivity index (χ2v) is 6.94. The summed E-state index contributed by atoms with van der Waals surface area (Å²) in [6.07, 6.45) is 2.43. The van der Waals surface area contributed by atoms with Crippen LogP contribution in [0, 0.1) is 0 Å². The quantitative estimate of drug-likeness (QED) is 0.541. The van der Waals surface area contributed by atoms with Crippen LogP contribution in [0.5, 0.6) is 5.75 Å². The first-order chi connectivity index (χ1) is 13.7. The number of nitrogens with one attached hydrogen (secondary N) is 1. The van der Waals surface area contributed by atoms with Gasteiger partial charge >= 0.3 is 0 Å². The molecule has 3 rings (SSSR count). The average molecular weight is 383 g/mol. The minimum absolute atomic E-state index is 0.146. The molecule has 0 amide bonds. The van der Waals surface area contributed by atoms with Gasteiger partial charge in [-0.05, 0) is 38.1 Å². The van der Waals surface area contributed by atoms with E-state index in [0.717, 1.165) is 35.7 Å². The molecule has 2 aromatic rings. The maximum absolute atomic E-state index is 6.21. The van der Waals surface area contributed by atoms with Crippen molar-refractivity contribution in [3.63, 3.8) is 0 Å². The number of aliphatic imine (C=N–C) groups is 1. The van der Waals surface area contributed by atoms with Gasteiger partial charge in [0.05, 0.1) is 26.3 Å². The molecule has 1 fully saturated rings. The van der Waals surface area contributed by atoms with Crippen molar-refractivity contribution in [2.45, 2.75) is 25.5 Å². The van der Waals surface area contributed by atoms with Gasteiger partial charge < -0.3 is 20.5 Å². The van der Waals surface area contributed by atoms with Gasteiger partial charge in [0, 0.05) is 23.9 Å². The third-order valence-corrected chi connectivity index (χ3v) is 5.09. The number of hydrogen-bond acceptors (Lipinski definition) is 4. The molecular formula is C22H30N4O2. The van der Waals surface area contributed by atoms with E-state index in [-0.39, 0.29) is 6.04 Å². The predicted molar refractivity (Wildman–Crippen MR) is 114 cm³/mol. The fraction of sp³-hybridized carbons (Fsp3) is 0.409. The highest BCUT2D eigenvalue weighted by Crippen LogP contribution is 2.31. The third kappa shape index (κ3) is 5.03. The fourth-order valence-electron chi connectivity index (χ4n) is 3.69. The summed E-state index contributed by atoms with van der Waals surface area (Å²) < 4.78 is 10.9. The molecule has 1 saturated heterocycles. The first-order valence-electron chi connectivity index (χ1n) is 9.73. The lowest BCUT2D eigenvalue weighted by atomic mass is 10.0. The van der Waals surface area contributed by atoms with Gasteiger partial charge in [0.1, 0.15) is 5.75 Å². The van der Waals surface area contributed by atoms with Gasteiger partial charge in [0.25, 0.3) is 0 Å². The predicted octanol–water partition coefficient (Wildman–Crippen LogP) is 3.41. The van der Waals surface area contributed by atoms with Crippen molar-refractivity contribution >= 4 is 11.6 Å². The normalized spacial score (nSPS) is 16.1. The van der Waals surface area contributed by atoms with Gasteiger partial charge in [-0.25, -0.2) is 0 Å². The van der Waals surface area contributed by atoms with E-state index in [1.807, 2.05) is 42.5 Å². The highest BCUT2D eigenvalue weighted by molar-refractivity contribution is 5.93. The molecule has 0 spiro atoms. The van der Waals surface area contributed by atoms with Crippen LogP contribution in [0.15, 0.2) is 53.5 Å². The molecule has 1 unspecified atom stereocenters. The number of rotatable bonds is 8. The number of nitrogens with zero attached hydrogens (tertiary/aromatic N) is 2. The number of nitrogens with two attached hydrogens (primary N) is 1. The SMILES string of the molecule is COCc1ccccc1NC(N)=NCC(c1ccccc1OC)N1CCCC1. The van der Waals surface area contributed by atoms with Crippen LogP contribution in [0.1, 0.15) is 30.0 Å². The molecule has 0 saturated carbocycles. The Morgan fingerprint density at radius 1 is 1.11 bits per heavy atom. The standard InChI is InChI=1S/C22H30N4O2/c1-27-16-17-9-3-5-11-19(17)25-22(23)24-15-20(26-13-7-8-14-26)18-10-4-6-12-21(18)28-2/h3-6,9-12,20H,7-8,13-16H2,1-2H3,(H3,23,24,25). The summed E-state index contributed by atoms with van der Waals surface area (Å²) >= 11 is 0. The van der Waals surface area contributed by atoms with Gasteiger partial charge in [-0.2, -0.15) is 0 Å². The number of guanidine groups is 1. The zero-order valence-corrected chi connectivity index (χ0v) is 16.7. The van der Waals surface area contributed by atoms with Crippen LogP contribution in [0.4, 0.5) is 5.69 Å². The largest absolute Gasteiger partial charge is 0.496 e. The van der Waals surface area contributed by atoms with E-state index < -0.39 is 0 Å². The second-order valence-electron chi connectivity index (χ2n) is 6.94. The van der Waals surface area contributed by atoms with Crippen LogP contribution >= 0.6 is 0 Å².